The van der Waals surface area contributed by atoms with Gasteiger partial charge >= 0.3 is 0 Å². The Balaban J connectivity index is 1.66. The molecule has 3 heterocycles. The van der Waals surface area contributed by atoms with Crippen molar-refractivity contribution in [2.45, 2.75) is 29.1 Å². The van der Waals surface area contributed by atoms with Gasteiger partial charge in [0, 0.05) is 40.8 Å². The Kier molecular flexibility index (Phi) is 5.98. The van der Waals surface area contributed by atoms with Crippen LogP contribution in [0.5, 0.6) is 0 Å². The summed E-state index contributed by atoms with van der Waals surface area (Å²) in [6.45, 7) is 2.59. The topological polar surface area (TPSA) is 105 Å². The summed E-state index contributed by atoms with van der Waals surface area (Å²) >= 11 is 1.55. The summed E-state index contributed by atoms with van der Waals surface area (Å²) in [5.74, 6) is 1.52. The van der Waals surface area contributed by atoms with Gasteiger partial charge in [0.15, 0.2) is 11.6 Å². The largest absolute Gasteiger partial charge is 0.355 e. The SMILES string of the molecule is N#Cc1ccc(-c2ncc(CCN)cn2)c(Sc2cnnc(N3CCCC3)c2)c1. The van der Waals surface area contributed by atoms with Crippen LogP contribution >= 0.6 is 11.8 Å². The fraction of sp³-hybridized carbons (Fsp3) is 0.286. The Morgan fingerprint density at radius 3 is 2.62 bits per heavy atom. The molecule has 0 unspecified atom stereocenters. The molecule has 1 saturated heterocycles. The van der Waals surface area contributed by atoms with E-state index in [-0.39, 0.29) is 0 Å². The smallest absolute Gasteiger partial charge is 0.160 e. The lowest BCUT2D eigenvalue weighted by Gasteiger charge is -2.16. The van der Waals surface area contributed by atoms with Gasteiger partial charge < -0.3 is 10.6 Å². The summed E-state index contributed by atoms with van der Waals surface area (Å²) < 4.78 is 0. The fourth-order valence-electron chi connectivity index (χ4n) is 3.27. The molecule has 29 heavy (non-hydrogen) atoms. The van der Waals surface area contributed by atoms with Gasteiger partial charge in [0.25, 0.3) is 0 Å². The first-order chi connectivity index (χ1) is 14.3. The van der Waals surface area contributed by atoms with Gasteiger partial charge in [0.1, 0.15) is 0 Å². The van der Waals surface area contributed by atoms with Crippen LogP contribution in [0.2, 0.25) is 0 Å². The minimum atomic E-state index is 0.565. The minimum Gasteiger partial charge on any atom is -0.355 e. The summed E-state index contributed by atoms with van der Waals surface area (Å²) in [5, 5.41) is 17.8. The van der Waals surface area contributed by atoms with Crippen molar-refractivity contribution in [1.82, 2.24) is 20.2 Å². The second-order valence-electron chi connectivity index (χ2n) is 6.82. The van der Waals surface area contributed by atoms with E-state index in [0.717, 1.165) is 46.2 Å². The molecule has 7 nitrogen and oxygen atoms in total. The molecule has 0 spiro atoms. The number of hydrogen-bond acceptors (Lipinski definition) is 8. The average Bonchev–Trinajstić information content (AvgIpc) is 3.30. The summed E-state index contributed by atoms with van der Waals surface area (Å²) in [5.41, 5.74) is 8.09. The van der Waals surface area contributed by atoms with Crippen LogP contribution in [-0.4, -0.2) is 39.8 Å². The first-order valence-electron chi connectivity index (χ1n) is 9.58. The van der Waals surface area contributed by atoms with Gasteiger partial charge in [-0.05, 0) is 55.6 Å². The molecule has 0 saturated carbocycles. The second-order valence-corrected chi connectivity index (χ2v) is 7.94. The Morgan fingerprint density at radius 2 is 1.90 bits per heavy atom. The minimum absolute atomic E-state index is 0.565. The molecule has 0 radical (unpaired) electrons. The Labute approximate surface area is 174 Å². The lowest BCUT2D eigenvalue weighted by molar-refractivity contribution is 0.880. The van der Waals surface area contributed by atoms with Crippen LogP contribution in [0.3, 0.4) is 0 Å². The quantitative estimate of drug-likeness (QED) is 0.669. The van der Waals surface area contributed by atoms with E-state index in [4.69, 9.17) is 5.73 Å². The molecule has 0 bridgehead atoms. The third-order valence-electron chi connectivity index (χ3n) is 4.76. The van der Waals surface area contributed by atoms with Crippen molar-refractivity contribution >= 4 is 17.6 Å². The molecular weight excluding hydrogens is 382 g/mol. The molecule has 4 rings (SSSR count). The number of nitriles is 1. The third kappa shape index (κ3) is 4.53. The lowest BCUT2D eigenvalue weighted by Crippen LogP contribution is -2.19. The van der Waals surface area contributed by atoms with E-state index in [1.807, 2.05) is 12.1 Å². The van der Waals surface area contributed by atoms with Gasteiger partial charge in [-0.2, -0.15) is 10.4 Å². The molecule has 3 aromatic rings. The van der Waals surface area contributed by atoms with Crippen LogP contribution in [-0.2, 0) is 6.42 Å². The monoisotopic (exact) mass is 403 g/mol. The normalized spacial score (nSPS) is 13.4. The molecule has 8 heteroatoms. The number of nitrogens with two attached hydrogens (primary N) is 1. The van der Waals surface area contributed by atoms with Crippen LogP contribution in [0.25, 0.3) is 11.4 Å². The molecular formula is C21H21N7S. The molecule has 1 aromatic carbocycles. The van der Waals surface area contributed by atoms with Gasteiger partial charge in [-0.1, -0.05) is 11.8 Å². The maximum absolute atomic E-state index is 9.34. The van der Waals surface area contributed by atoms with Gasteiger partial charge in [-0.25, -0.2) is 9.97 Å². The van der Waals surface area contributed by atoms with Crippen LogP contribution < -0.4 is 10.6 Å². The number of nitrogens with zero attached hydrogens (tertiary/aromatic N) is 6. The summed E-state index contributed by atoms with van der Waals surface area (Å²) in [4.78, 5) is 13.1. The van der Waals surface area contributed by atoms with E-state index < -0.39 is 0 Å². The number of hydrogen-bond donors (Lipinski definition) is 1. The maximum Gasteiger partial charge on any atom is 0.160 e. The van der Waals surface area contributed by atoms with E-state index >= 15 is 0 Å². The van der Waals surface area contributed by atoms with E-state index in [1.54, 1.807) is 36.4 Å². The average molecular weight is 404 g/mol. The van der Waals surface area contributed by atoms with Crippen molar-refractivity contribution in [2.24, 2.45) is 5.73 Å². The van der Waals surface area contributed by atoms with Crippen LogP contribution in [0.15, 0.2) is 52.6 Å². The highest BCUT2D eigenvalue weighted by molar-refractivity contribution is 7.99. The molecule has 0 amide bonds. The zero-order valence-electron chi connectivity index (χ0n) is 16.0. The molecule has 2 aromatic heterocycles. The van der Waals surface area contributed by atoms with Gasteiger partial charge in [0.05, 0.1) is 17.8 Å². The molecule has 1 fully saturated rings. The first-order valence-corrected chi connectivity index (χ1v) is 10.4. The molecule has 146 valence electrons. The van der Waals surface area contributed by atoms with E-state index in [1.165, 1.54) is 12.8 Å². The second kappa shape index (κ2) is 8.99. The van der Waals surface area contributed by atoms with E-state index in [9.17, 15) is 5.26 Å². The Hall–Kier alpha value is -3.02. The maximum atomic E-state index is 9.34. The predicted octanol–water partition coefficient (Wildman–Crippen LogP) is 3.06. The predicted molar refractivity (Wildman–Crippen MR) is 113 cm³/mol. The van der Waals surface area contributed by atoms with Crippen LogP contribution in [0, 0.1) is 11.3 Å². The molecule has 1 aliphatic heterocycles. The van der Waals surface area contributed by atoms with Gasteiger partial charge in [0.2, 0.25) is 0 Å². The summed E-state index contributed by atoms with van der Waals surface area (Å²) in [6.07, 6.45) is 8.48. The van der Waals surface area contributed by atoms with Crippen molar-refractivity contribution in [3.05, 3.63) is 54.0 Å². The molecule has 1 aliphatic rings. The van der Waals surface area contributed by atoms with Crippen molar-refractivity contribution in [3.8, 4) is 17.5 Å². The van der Waals surface area contributed by atoms with Crippen LogP contribution in [0.1, 0.15) is 24.0 Å². The van der Waals surface area contributed by atoms with E-state index in [0.29, 0.717) is 17.9 Å². The number of rotatable bonds is 6. The highest BCUT2D eigenvalue weighted by Crippen LogP contribution is 2.36. The van der Waals surface area contributed by atoms with Gasteiger partial charge in [-0.15, -0.1) is 5.10 Å². The summed E-state index contributed by atoms with van der Waals surface area (Å²) in [7, 11) is 0. The molecule has 0 aliphatic carbocycles. The lowest BCUT2D eigenvalue weighted by atomic mass is 10.1. The van der Waals surface area contributed by atoms with Crippen LogP contribution in [0.4, 0.5) is 5.82 Å². The standard InChI is InChI=1S/C21H21N7S/c22-6-5-16-12-24-21(25-13-16)18-4-3-15(11-23)9-19(18)29-17-10-20(27-26-14-17)28-7-1-2-8-28/h3-4,9-10,12-14H,1-2,5-8,22H2. The first kappa shape index (κ1) is 19.3. The van der Waals surface area contributed by atoms with Crippen molar-refractivity contribution < 1.29 is 0 Å². The summed E-state index contributed by atoms with van der Waals surface area (Å²) in [6, 6.07) is 9.82. The zero-order chi connectivity index (χ0) is 20.1. The van der Waals surface area contributed by atoms with Gasteiger partial charge in [-0.3, -0.25) is 0 Å². The number of aromatic nitrogens is 4. The van der Waals surface area contributed by atoms with Crippen molar-refractivity contribution in [1.29, 1.82) is 5.26 Å². The van der Waals surface area contributed by atoms with E-state index in [2.05, 4.69) is 37.2 Å². The molecule has 2 N–H and O–H groups in total. The number of anilines is 1. The highest BCUT2D eigenvalue weighted by atomic mass is 32.2. The fourth-order valence-corrected chi connectivity index (χ4v) is 4.25. The Morgan fingerprint density at radius 1 is 1.10 bits per heavy atom. The Bertz CT molecular complexity index is 1020. The highest BCUT2D eigenvalue weighted by Gasteiger charge is 2.16. The van der Waals surface area contributed by atoms with Crippen molar-refractivity contribution in [2.75, 3.05) is 24.5 Å². The number of benzene rings is 1. The molecule has 0 atom stereocenters. The third-order valence-corrected chi connectivity index (χ3v) is 5.78. The zero-order valence-corrected chi connectivity index (χ0v) is 16.8. The van der Waals surface area contributed by atoms with Crippen molar-refractivity contribution in [3.63, 3.8) is 0 Å².